The fraction of sp³-hybridized carbons (Fsp3) is 0.667. The second-order valence-corrected chi connectivity index (χ2v) is 5.84. The average molecular weight is 265 g/mol. The minimum Gasteiger partial charge on any atom is -0.388 e. The number of aromatic nitrogens is 1. The molecule has 1 heterocycles. The van der Waals surface area contributed by atoms with Gasteiger partial charge in [0, 0.05) is 13.1 Å². The molecule has 19 heavy (non-hydrogen) atoms. The summed E-state index contributed by atoms with van der Waals surface area (Å²) in [6.07, 6.45) is 5.46. The fourth-order valence-corrected chi connectivity index (χ4v) is 2.15. The fourth-order valence-electron chi connectivity index (χ4n) is 2.15. The van der Waals surface area contributed by atoms with Crippen LogP contribution in [-0.4, -0.2) is 28.8 Å². The lowest BCUT2D eigenvalue weighted by Crippen LogP contribution is -2.34. The third-order valence-corrected chi connectivity index (χ3v) is 2.84. The number of nitrogens with zero attached hydrogens (tertiary/aromatic N) is 1. The van der Waals surface area contributed by atoms with Crippen molar-refractivity contribution in [1.82, 2.24) is 4.98 Å². The largest absolute Gasteiger partial charge is 0.388 e. The van der Waals surface area contributed by atoms with E-state index in [2.05, 4.69) is 36.4 Å². The molecule has 0 aromatic carbocycles. The number of rotatable bonds is 8. The zero-order valence-electron chi connectivity index (χ0n) is 12.5. The van der Waals surface area contributed by atoms with Crippen molar-refractivity contribution < 1.29 is 5.11 Å². The minimum atomic E-state index is -0.693. The molecule has 1 aromatic rings. The molecule has 0 aliphatic heterocycles. The summed E-state index contributed by atoms with van der Waals surface area (Å²) in [4.78, 5) is 4.19. The van der Waals surface area contributed by atoms with Crippen molar-refractivity contribution in [3.63, 3.8) is 0 Å². The zero-order valence-corrected chi connectivity index (χ0v) is 12.5. The standard InChI is InChI=1S/C15H27N3O/c1-5-6-17-13-7-14(10-16-9-13)18-11-15(4,19)8-12(2)3/h7,9-10,12,17-19H,5-6,8,11H2,1-4H3. The minimum absolute atomic E-state index is 0.479. The molecule has 4 nitrogen and oxygen atoms in total. The molecule has 1 rings (SSSR count). The first-order valence-electron chi connectivity index (χ1n) is 7.08. The van der Waals surface area contributed by atoms with E-state index in [1.54, 1.807) is 6.20 Å². The van der Waals surface area contributed by atoms with Crippen LogP contribution >= 0.6 is 0 Å². The van der Waals surface area contributed by atoms with Crippen molar-refractivity contribution >= 4 is 11.4 Å². The van der Waals surface area contributed by atoms with E-state index in [9.17, 15) is 5.11 Å². The number of aliphatic hydroxyl groups is 1. The van der Waals surface area contributed by atoms with Gasteiger partial charge in [0.1, 0.15) is 0 Å². The molecule has 0 fully saturated rings. The second kappa shape index (κ2) is 7.34. The van der Waals surface area contributed by atoms with Crippen LogP contribution in [0.1, 0.15) is 40.5 Å². The van der Waals surface area contributed by atoms with E-state index in [4.69, 9.17) is 0 Å². The maximum absolute atomic E-state index is 10.3. The lowest BCUT2D eigenvalue weighted by Gasteiger charge is -2.26. The molecule has 0 spiro atoms. The first-order valence-corrected chi connectivity index (χ1v) is 7.08. The monoisotopic (exact) mass is 265 g/mol. The molecule has 4 heteroatoms. The Balaban J connectivity index is 2.52. The summed E-state index contributed by atoms with van der Waals surface area (Å²) < 4.78 is 0. The van der Waals surface area contributed by atoms with E-state index < -0.39 is 5.60 Å². The molecule has 0 aliphatic rings. The smallest absolute Gasteiger partial charge is 0.0793 e. The highest BCUT2D eigenvalue weighted by molar-refractivity contribution is 5.54. The van der Waals surface area contributed by atoms with E-state index in [0.29, 0.717) is 12.5 Å². The average Bonchev–Trinajstić information content (AvgIpc) is 2.33. The van der Waals surface area contributed by atoms with Gasteiger partial charge in [-0.15, -0.1) is 0 Å². The maximum atomic E-state index is 10.3. The molecule has 0 saturated heterocycles. The Hall–Kier alpha value is -1.29. The number of hydrogen-bond acceptors (Lipinski definition) is 4. The van der Waals surface area contributed by atoms with Crippen molar-refractivity contribution in [3.8, 4) is 0 Å². The molecule has 0 aliphatic carbocycles. The van der Waals surface area contributed by atoms with Gasteiger partial charge in [0.25, 0.3) is 0 Å². The number of pyridine rings is 1. The SMILES string of the molecule is CCCNc1cncc(NCC(C)(O)CC(C)C)c1. The highest BCUT2D eigenvalue weighted by Crippen LogP contribution is 2.18. The van der Waals surface area contributed by atoms with Crippen molar-refractivity contribution in [2.24, 2.45) is 5.92 Å². The van der Waals surface area contributed by atoms with Gasteiger partial charge in [0.05, 0.1) is 29.4 Å². The third kappa shape index (κ3) is 6.43. The van der Waals surface area contributed by atoms with Crippen LogP contribution in [0.15, 0.2) is 18.5 Å². The van der Waals surface area contributed by atoms with E-state index in [1.165, 1.54) is 0 Å². The van der Waals surface area contributed by atoms with Crippen LogP contribution in [0, 0.1) is 5.92 Å². The van der Waals surface area contributed by atoms with Crippen molar-refractivity contribution in [2.45, 2.75) is 46.1 Å². The summed E-state index contributed by atoms with van der Waals surface area (Å²) >= 11 is 0. The highest BCUT2D eigenvalue weighted by Gasteiger charge is 2.21. The lowest BCUT2D eigenvalue weighted by atomic mass is 9.94. The Bertz CT molecular complexity index is 377. The van der Waals surface area contributed by atoms with Gasteiger partial charge in [-0.1, -0.05) is 20.8 Å². The summed E-state index contributed by atoms with van der Waals surface area (Å²) in [6, 6.07) is 2.02. The zero-order chi connectivity index (χ0) is 14.3. The molecule has 1 atom stereocenters. The molecule has 1 unspecified atom stereocenters. The Kier molecular flexibility index (Phi) is 6.09. The molecule has 0 radical (unpaired) electrons. The van der Waals surface area contributed by atoms with Crippen LogP contribution < -0.4 is 10.6 Å². The predicted octanol–water partition coefficient (Wildman–Crippen LogP) is 3.11. The van der Waals surface area contributed by atoms with Crippen LogP contribution in [0.5, 0.6) is 0 Å². The van der Waals surface area contributed by atoms with Crippen molar-refractivity contribution in [1.29, 1.82) is 0 Å². The Morgan fingerprint density at radius 2 is 1.89 bits per heavy atom. The van der Waals surface area contributed by atoms with Crippen molar-refractivity contribution in [2.75, 3.05) is 23.7 Å². The van der Waals surface area contributed by atoms with E-state index in [-0.39, 0.29) is 0 Å². The molecule has 108 valence electrons. The van der Waals surface area contributed by atoms with Gasteiger partial charge in [-0.25, -0.2) is 0 Å². The van der Waals surface area contributed by atoms with Crippen LogP contribution in [0.3, 0.4) is 0 Å². The number of nitrogens with one attached hydrogen (secondary N) is 2. The highest BCUT2D eigenvalue weighted by atomic mass is 16.3. The van der Waals surface area contributed by atoms with E-state index in [1.807, 2.05) is 19.2 Å². The van der Waals surface area contributed by atoms with Gasteiger partial charge in [-0.3, -0.25) is 4.98 Å². The molecule has 0 amide bonds. The van der Waals surface area contributed by atoms with E-state index in [0.717, 1.165) is 30.8 Å². The normalized spacial score (nSPS) is 14.2. The van der Waals surface area contributed by atoms with Gasteiger partial charge in [-0.2, -0.15) is 0 Å². The lowest BCUT2D eigenvalue weighted by molar-refractivity contribution is 0.0515. The Labute approximate surface area is 116 Å². The van der Waals surface area contributed by atoms with Crippen LogP contribution in [0.2, 0.25) is 0 Å². The summed E-state index contributed by atoms with van der Waals surface area (Å²) in [5.41, 5.74) is 1.25. The Morgan fingerprint density at radius 1 is 1.26 bits per heavy atom. The quantitative estimate of drug-likeness (QED) is 0.676. The van der Waals surface area contributed by atoms with Crippen LogP contribution in [0.4, 0.5) is 11.4 Å². The van der Waals surface area contributed by atoms with E-state index >= 15 is 0 Å². The third-order valence-electron chi connectivity index (χ3n) is 2.84. The number of anilines is 2. The maximum Gasteiger partial charge on any atom is 0.0793 e. The number of hydrogen-bond donors (Lipinski definition) is 3. The molecule has 0 bridgehead atoms. The van der Waals surface area contributed by atoms with Crippen molar-refractivity contribution in [3.05, 3.63) is 18.5 Å². The van der Waals surface area contributed by atoms with Gasteiger partial charge in [-0.05, 0) is 31.7 Å². The Morgan fingerprint density at radius 3 is 2.47 bits per heavy atom. The molecular formula is C15H27N3O. The summed E-state index contributed by atoms with van der Waals surface area (Å²) in [5.74, 6) is 0.479. The van der Waals surface area contributed by atoms with Gasteiger partial charge < -0.3 is 15.7 Å². The summed E-state index contributed by atoms with van der Waals surface area (Å²) in [6.45, 7) is 9.70. The van der Waals surface area contributed by atoms with Gasteiger partial charge in [0.2, 0.25) is 0 Å². The molecule has 1 aromatic heterocycles. The van der Waals surface area contributed by atoms with Crippen LogP contribution in [-0.2, 0) is 0 Å². The summed E-state index contributed by atoms with van der Waals surface area (Å²) in [5, 5.41) is 16.8. The first kappa shape index (κ1) is 15.8. The van der Waals surface area contributed by atoms with Gasteiger partial charge in [0.15, 0.2) is 0 Å². The second-order valence-electron chi connectivity index (χ2n) is 5.84. The van der Waals surface area contributed by atoms with Gasteiger partial charge >= 0.3 is 0 Å². The summed E-state index contributed by atoms with van der Waals surface area (Å²) in [7, 11) is 0. The topological polar surface area (TPSA) is 57.2 Å². The molecular weight excluding hydrogens is 238 g/mol. The van der Waals surface area contributed by atoms with Crippen LogP contribution in [0.25, 0.3) is 0 Å². The first-order chi connectivity index (χ1) is 8.93. The molecule has 0 saturated carbocycles. The molecule has 3 N–H and O–H groups in total. The predicted molar refractivity (Wildman–Crippen MR) is 81.6 cm³/mol.